The molecule has 4 aliphatic carbocycles. The van der Waals surface area contributed by atoms with E-state index in [9.17, 15) is 14.7 Å². The first-order valence-electron chi connectivity index (χ1n) is 14.0. The lowest BCUT2D eigenvalue weighted by Crippen LogP contribution is -2.63. The van der Waals surface area contributed by atoms with Crippen molar-refractivity contribution in [3.8, 4) is 0 Å². The first-order chi connectivity index (χ1) is 18.5. The maximum absolute atomic E-state index is 14.3. The van der Waals surface area contributed by atoms with Gasteiger partial charge in [0.2, 0.25) is 0 Å². The van der Waals surface area contributed by atoms with Crippen molar-refractivity contribution in [1.29, 1.82) is 0 Å². The Morgan fingerprint density at radius 2 is 2.00 bits per heavy atom. The van der Waals surface area contributed by atoms with Crippen molar-refractivity contribution in [2.45, 2.75) is 82.2 Å². The topological polar surface area (TPSA) is 98.9 Å². The van der Waals surface area contributed by atoms with E-state index in [2.05, 4.69) is 18.8 Å². The van der Waals surface area contributed by atoms with Crippen LogP contribution in [0.2, 0.25) is 0 Å². The summed E-state index contributed by atoms with van der Waals surface area (Å²) in [5.74, 6) is -0.454. The van der Waals surface area contributed by atoms with E-state index < -0.39 is 29.0 Å². The molecule has 1 aromatic carbocycles. The lowest BCUT2D eigenvalue weighted by molar-refractivity contribution is -0.223. The van der Waals surface area contributed by atoms with Crippen LogP contribution in [0.3, 0.4) is 0 Å². The predicted octanol–water partition coefficient (Wildman–Crippen LogP) is 5.27. The number of Topliss-reactive ketones (excluding diaryl/α,β-unsaturated/α-hetero) is 1. The van der Waals surface area contributed by atoms with Gasteiger partial charge in [0.25, 0.3) is 5.22 Å². The van der Waals surface area contributed by atoms with Gasteiger partial charge < -0.3 is 19.0 Å². The summed E-state index contributed by atoms with van der Waals surface area (Å²) < 4.78 is 19.0. The second-order valence-corrected chi connectivity index (χ2v) is 13.9. The van der Waals surface area contributed by atoms with Crippen molar-refractivity contribution < 1.29 is 28.6 Å². The van der Waals surface area contributed by atoms with Crippen molar-refractivity contribution in [2.75, 3.05) is 5.75 Å². The number of ether oxygens (including phenoxy) is 2. The van der Waals surface area contributed by atoms with Gasteiger partial charge in [0, 0.05) is 16.7 Å². The number of rotatable bonds is 4. The number of thioether (sulfide) groups is 1. The van der Waals surface area contributed by atoms with Crippen LogP contribution in [-0.2, 0) is 19.1 Å². The predicted molar refractivity (Wildman–Crippen MR) is 146 cm³/mol. The normalized spacial score (nSPS) is 42.0. The van der Waals surface area contributed by atoms with Crippen molar-refractivity contribution in [1.82, 2.24) is 4.98 Å². The molecule has 8 atom stereocenters. The summed E-state index contributed by atoms with van der Waals surface area (Å²) in [4.78, 5) is 31.0. The second-order valence-electron chi connectivity index (χ2n) is 13.0. The van der Waals surface area contributed by atoms with Gasteiger partial charge in [-0.15, -0.1) is 0 Å². The average molecular weight is 550 g/mol. The zero-order valence-electron chi connectivity index (χ0n) is 22.8. The molecule has 6 unspecified atom stereocenters. The van der Waals surface area contributed by atoms with E-state index in [0.29, 0.717) is 23.6 Å². The van der Waals surface area contributed by atoms with E-state index in [0.717, 1.165) is 23.9 Å². The highest BCUT2D eigenvalue weighted by Gasteiger charge is 2.76. The Balaban J connectivity index is 1.23. The first-order valence-corrected chi connectivity index (χ1v) is 15.0. The van der Waals surface area contributed by atoms with E-state index in [4.69, 9.17) is 13.9 Å². The molecule has 1 aromatic heterocycles. The van der Waals surface area contributed by atoms with E-state index in [1.807, 2.05) is 44.2 Å². The number of nitrogens with zero attached hydrogens (tertiary/aromatic N) is 1. The van der Waals surface area contributed by atoms with E-state index in [1.54, 1.807) is 12.2 Å². The molecule has 0 radical (unpaired) electrons. The number of hydrogen-bond acceptors (Lipinski definition) is 8. The smallest absolute Gasteiger partial charge is 0.257 e. The molecule has 8 heteroatoms. The molecule has 1 saturated heterocycles. The van der Waals surface area contributed by atoms with E-state index in [-0.39, 0.29) is 40.5 Å². The van der Waals surface area contributed by atoms with Gasteiger partial charge in [-0.2, -0.15) is 0 Å². The maximum atomic E-state index is 14.3. The van der Waals surface area contributed by atoms with Crippen molar-refractivity contribution >= 4 is 34.4 Å². The fourth-order valence-electron chi connectivity index (χ4n) is 9.07. The molecule has 5 aliphatic rings. The van der Waals surface area contributed by atoms with Crippen LogP contribution in [0.5, 0.6) is 0 Å². The average Bonchev–Trinajstić information content (AvgIpc) is 3.49. The lowest BCUT2D eigenvalue weighted by Gasteiger charge is -2.60. The number of oxazole rings is 1. The van der Waals surface area contributed by atoms with Gasteiger partial charge in [0.05, 0.1) is 18.0 Å². The number of para-hydroxylation sites is 2. The van der Waals surface area contributed by atoms with Gasteiger partial charge in [-0.3, -0.25) is 9.59 Å². The molecular formula is C31H35NO6S. The summed E-state index contributed by atoms with van der Waals surface area (Å²) in [5.41, 5.74) is 0.439. The molecule has 0 bridgehead atoms. The molecule has 0 spiro atoms. The van der Waals surface area contributed by atoms with Gasteiger partial charge in [0.15, 0.2) is 28.5 Å². The fourth-order valence-corrected chi connectivity index (χ4v) is 9.85. The number of allylic oxidation sites excluding steroid dienone is 4. The van der Waals surface area contributed by atoms with Crippen molar-refractivity contribution in [2.24, 2.45) is 28.6 Å². The standard InChI is InChI=1S/C31H35NO6S/c1-28(2)37-25-14-20-19-10-9-17-13-18(33)11-12-29(17,3)26(19)22(34)15-30(20,4)31(25,38-28)24(35)16-39-27-32-21-7-5-6-8-23(21)36-27/h5-8,11-13,19-20,22,25-26,34H,9-10,14-16H2,1-4H3/t19?,20?,22?,25-,26?,29?,30?,31-/m1/s1. The molecule has 2 heterocycles. The third kappa shape index (κ3) is 3.51. The monoisotopic (exact) mass is 549 g/mol. The van der Waals surface area contributed by atoms with Gasteiger partial charge >= 0.3 is 0 Å². The number of fused-ring (bicyclic) bond motifs is 8. The Bertz CT molecular complexity index is 1410. The highest BCUT2D eigenvalue weighted by molar-refractivity contribution is 7.99. The number of benzene rings is 1. The molecule has 7 rings (SSSR count). The van der Waals surface area contributed by atoms with E-state index >= 15 is 0 Å². The van der Waals surface area contributed by atoms with Crippen LogP contribution in [-0.4, -0.2) is 51.0 Å². The Labute approximate surface area is 232 Å². The summed E-state index contributed by atoms with van der Waals surface area (Å²) >= 11 is 1.29. The van der Waals surface area contributed by atoms with Gasteiger partial charge in [-0.05, 0) is 75.7 Å². The Hall–Kier alpha value is -2.26. The van der Waals surface area contributed by atoms with E-state index in [1.165, 1.54) is 11.8 Å². The molecular weight excluding hydrogens is 514 g/mol. The van der Waals surface area contributed by atoms with Crippen molar-refractivity contribution in [3.63, 3.8) is 0 Å². The van der Waals surface area contributed by atoms with Crippen LogP contribution >= 0.6 is 11.8 Å². The molecule has 0 amide bonds. The molecule has 3 saturated carbocycles. The zero-order chi connectivity index (χ0) is 27.4. The Kier molecular flexibility index (Phi) is 5.52. The minimum Gasteiger partial charge on any atom is -0.431 e. The number of ketones is 2. The number of aliphatic hydroxyl groups excluding tert-OH is 1. The molecule has 2 aromatic rings. The highest BCUT2D eigenvalue weighted by atomic mass is 32.2. The van der Waals surface area contributed by atoms with Crippen LogP contribution in [0.1, 0.15) is 53.4 Å². The summed E-state index contributed by atoms with van der Waals surface area (Å²) in [7, 11) is 0. The van der Waals surface area contributed by atoms with Gasteiger partial charge in [-0.1, -0.05) is 49.4 Å². The molecule has 7 nitrogen and oxygen atoms in total. The van der Waals surface area contributed by atoms with Crippen LogP contribution in [0.25, 0.3) is 11.1 Å². The zero-order valence-corrected chi connectivity index (χ0v) is 23.6. The van der Waals surface area contributed by atoms with Crippen LogP contribution in [0.15, 0.2) is 57.7 Å². The lowest BCUT2D eigenvalue weighted by atomic mass is 9.46. The summed E-state index contributed by atoms with van der Waals surface area (Å²) in [6, 6.07) is 7.56. The van der Waals surface area contributed by atoms with Crippen molar-refractivity contribution in [3.05, 3.63) is 48.1 Å². The Morgan fingerprint density at radius 1 is 1.21 bits per heavy atom. The largest absolute Gasteiger partial charge is 0.431 e. The highest BCUT2D eigenvalue weighted by Crippen LogP contribution is 2.70. The Morgan fingerprint density at radius 3 is 2.79 bits per heavy atom. The summed E-state index contributed by atoms with van der Waals surface area (Å²) in [6.45, 7) is 8.04. The molecule has 1 aliphatic heterocycles. The summed E-state index contributed by atoms with van der Waals surface area (Å²) in [6.07, 6.45) is 7.26. The summed E-state index contributed by atoms with van der Waals surface area (Å²) in [5, 5.41) is 12.3. The number of hydrogen-bond donors (Lipinski definition) is 1. The van der Waals surface area contributed by atoms with Crippen LogP contribution < -0.4 is 0 Å². The van der Waals surface area contributed by atoms with Gasteiger partial charge in [-0.25, -0.2) is 4.98 Å². The molecule has 39 heavy (non-hydrogen) atoms. The molecule has 4 fully saturated rings. The fraction of sp³-hybridized carbons (Fsp3) is 0.581. The maximum Gasteiger partial charge on any atom is 0.257 e. The van der Waals surface area contributed by atoms with Crippen LogP contribution in [0.4, 0.5) is 0 Å². The SMILES string of the molecule is CC1(C)O[C@@H]2CC3C4CCC5=CC(=O)C=CC5(C)C4C(O)CC3(C)[C@]2(C(=O)CSc2nc3ccccc3o2)O1. The third-order valence-corrected chi connectivity index (χ3v) is 11.3. The number of carbonyl (C=O) groups is 2. The number of carbonyl (C=O) groups excluding carboxylic acids is 2. The molecule has 1 N–H and O–H groups in total. The second kappa shape index (κ2) is 8.38. The number of aromatic nitrogens is 1. The first kappa shape index (κ1) is 25.7. The van der Waals surface area contributed by atoms with Gasteiger partial charge in [0.1, 0.15) is 5.52 Å². The molecule has 206 valence electrons. The quantitative estimate of drug-likeness (QED) is 0.515. The minimum atomic E-state index is -1.17. The number of aliphatic hydroxyl groups is 1. The third-order valence-electron chi connectivity index (χ3n) is 10.5. The van der Waals surface area contributed by atoms with Crippen LogP contribution in [0, 0.1) is 28.6 Å². The minimum absolute atomic E-state index is 0.0203.